The van der Waals surface area contributed by atoms with Gasteiger partial charge in [0.15, 0.2) is 5.76 Å². The lowest BCUT2D eigenvalue weighted by atomic mass is 10.2. The Morgan fingerprint density at radius 2 is 2.09 bits per heavy atom. The van der Waals surface area contributed by atoms with Gasteiger partial charge in [-0.3, -0.25) is 9.69 Å². The Morgan fingerprint density at radius 1 is 1.21 bits per heavy atom. The number of rotatable bonds is 8. The molecule has 0 saturated carbocycles. The molecule has 0 spiro atoms. The SMILES string of the molecule is COCc1c(C(=O)N[C@@H]2CCN(Cc3ccccc3)C2)cnn1-c1nccc(-c2ccco2)n1. The van der Waals surface area contributed by atoms with Gasteiger partial charge in [-0.1, -0.05) is 30.3 Å². The topological polar surface area (TPSA) is 98.3 Å². The van der Waals surface area contributed by atoms with E-state index in [0.29, 0.717) is 28.7 Å². The van der Waals surface area contributed by atoms with E-state index in [1.165, 1.54) is 5.56 Å². The van der Waals surface area contributed by atoms with Crippen molar-refractivity contribution in [3.63, 3.8) is 0 Å². The third-order valence-electron chi connectivity index (χ3n) is 5.86. The van der Waals surface area contributed by atoms with E-state index in [2.05, 4.69) is 37.4 Å². The number of nitrogens with zero attached hydrogens (tertiary/aromatic N) is 5. The number of carbonyl (C=O) groups is 1. The number of hydrogen-bond acceptors (Lipinski definition) is 7. The highest BCUT2D eigenvalue weighted by atomic mass is 16.5. The van der Waals surface area contributed by atoms with Gasteiger partial charge in [0.1, 0.15) is 5.69 Å². The van der Waals surface area contributed by atoms with Crippen LogP contribution >= 0.6 is 0 Å². The minimum Gasteiger partial charge on any atom is -0.463 e. The van der Waals surface area contributed by atoms with Crippen molar-refractivity contribution >= 4 is 5.91 Å². The average molecular weight is 459 g/mol. The summed E-state index contributed by atoms with van der Waals surface area (Å²) in [7, 11) is 1.58. The molecule has 1 aliphatic rings. The first-order chi connectivity index (χ1) is 16.7. The number of nitrogens with one attached hydrogen (secondary N) is 1. The van der Waals surface area contributed by atoms with Crippen LogP contribution in [0.5, 0.6) is 0 Å². The summed E-state index contributed by atoms with van der Waals surface area (Å²) in [5, 5.41) is 7.57. The number of amides is 1. The van der Waals surface area contributed by atoms with Crippen molar-refractivity contribution in [1.82, 2.24) is 30.0 Å². The second-order valence-electron chi connectivity index (χ2n) is 8.25. The summed E-state index contributed by atoms with van der Waals surface area (Å²) >= 11 is 0. The molecular formula is C25H26N6O3. The number of hydrogen-bond donors (Lipinski definition) is 1. The van der Waals surface area contributed by atoms with Gasteiger partial charge < -0.3 is 14.5 Å². The molecule has 4 heterocycles. The number of methoxy groups -OCH3 is 1. The van der Waals surface area contributed by atoms with E-state index in [0.717, 1.165) is 26.1 Å². The normalized spacial score (nSPS) is 16.1. The summed E-state index contributed by atoms with van der Waals surface area (Å²) < 4.78 is 12.4. The summed E-state index contributed by atoms with van der Waals surface area (Å²) in [6.07, 6.45) is 5.68. The van der Waals surface area contributed by atoms with Crippen LogP contribution in [0.25, 0.3) is 17.4 Å². The van der Waals surface area contributed by atoms with Crippen LogP contribution in [0, 0.1) is 0 Å². The lowest BCUT2D eigenvalue weighted by molar-refractivity contribution is 0.0932. The van der Waals surface area contributed by atoms with E-state index in [1.54, 1.807) is 42.6 Å². The Hall–Kier alpha value is -3.82. The Labute approximate surface area is 197 Å². The fourth-order valence-corrected chi connectivity index (χ4v) is 4.22. The molecule has 0 aliphatic carbocycles. The quantitative estimate of drug-likeness (QED) is 0.433. The number of ether oxygens (including phenoxy) is 1. The van der Waals surface area contributed by atoms with Crippen LogP contribution in [-0.4, -0.2) is 56.8 Å². The molecule has 34 heavy (non-hydrogen) atoms. The highest BCUT2D eigenvalue weighted by molar-refractivity contribution is 5.95. The van der Waals surface area contributed by atoms with Gasteiger partial charge in [-0.2, -0.15) is 9.78 Å². The summed E-state index contributed by atoms with van der Waals surface area (Å²) in [6, 6.07) is 15.8. The molecule has 5 rings (SSSR count). The number of likely N-dealkylation sites (tertiary alicyclic amines) is 1. The van der Waals surface area contributed by atoms with Gasteiger partial charge in [-0.05, 0) is 30.2 Å². The predicted octanol–water partition coefficient (Wildman–Crippen LogP) is 3.07. The van der Waals surface area contributed by atoms with Crippen molar-refractivity contribution in [3.05, 3.63) is 84.0 Å². The zero-order valence-electron chi connectivity index (χ0n) is 18.9. The largest absolute Gasteiger partial charge is 0.463 e. The van der Waals surface area contributed by atoms with Gasteiger partial charge in [-0.25, -0.2) is 9.97 Å². The first-order valence-electron chi connectivity index (χ1n) is 11.2. The molecule has 0 bridgehead atoms. The predicted molar refractivity (Wildman–Crippen MR) is 125 cm³/mol. The summed E-state index contributed by atoms with van der Waals surface area (Å²) in [5.41, 5.74) is 2.95. The van der Waals surface area contributed by atoms with Crippen molar-refractivity contribution in [2.75, 3.05) is 20.2 Å². The highest BCUT2D eigenvalue weighted by Crippen LogP contribution is 2.20. The van der Waals surface area contributed by atoms with Crippen molar-refractivity contribution in [1.29, 1.82) is 0 Å². The number of aromatic nitrogens is 4. The molecular weight excluding hydrogens is 432 g/mol. The molecule has 1 amide bonds. The van der Waals surface area contributed by atoms with E-state index < -0.39 is 0 Å². The minimum atomic E-state index is -0.174. The monoisotopic (exact) mass is 458 g/mol. The molecule has 0 unspecified atom stereocenters. The fraction of sp³-hybridized carbons (Fsp3) is 0.280. The maximum absolute atomic E-state index is 13.2. The molecule has 0 radical (unpaired) electrons. The molecule has 3 aromatic heterocycles. The van der Waals surface area contributed by atoms with E-state index >= 15 is 0 Å². The highest BCUT2D eigenvalue weighted by Gasteiger charge is 2.27. The molecule has 9 nitrogen and oxygen atoms in total. The lowest BCUT2D eigenvalue weighted by Gasteiger charge is -2.17. The van der Waals surface area contributed by atoms with Crippen LogP contribution in [0.4, 0.5) is 0 Å². The Kier molecular flexibility index (Phi) is 6.46. The summed E-state index contributed by atoms with van der Waals surface area (Å²) in [6.45, 7) is 2.82. The van der Waals surface area contributed by atoms with E-state index in [1.807, 2.05) is 24.3 Å². The van der Waals surface area contributed by atoms with Gasteiger partial charge in [0.2, 0.25) is 0 Å². The van der Waals surface area contributed by atoms with Crippen LogP contribution in [0.15, 0.2) is 71.6 Å². The van der Waals surface area contributed by atoms with Crippen LogP contribution in [0.3, 0.4) is 0 Å². The second-order valence-corrected chi connectivity index (χ2v) is 8.25. The van der Waals surface area contributed by atoms with E-state index in [4.69, 9.17) is 9.15 Å². The molecule has 1 fully saturated rings. The smallest absolute Gasteiger partial charge is 0.255 e. The Balaban J connectivity index is 1.31. The summed E-state index contributed by atoms with van der Waals surface area (Å²) in [4.78, 5) is 24.4. The maximum Gasteiger partial charge on any atom is 0.255 e. The van der Waals surface area contributed by atoms with Gasteiger partial charge >= 0.3 is 0 Å². The van der Waals surface area contributed by atoms with Crippen molar-refractivity contribution < 1.29 is 13.9 Å². The fourth-order valence-electron chi connectivity index (χ4n) is 4.22. The molecule has 1 N–H and O–H groups in total. The first kappa shape index (κ1) is 22.0. The lowest BCUT2D eigenvalue weighted by Crippen LogP contribution is -2.37. The van der Waals surface area contributed by atoms with Gasteiger partial charge in [0, 0.05) is 39.0 Å². The Bertz CT molecular complexity index is 1240. The molecule has 1 aliphatic heterocycles. The van der Waals surface area contributed by atoms with E-state index in [9.17, 15) is 4.79 Å². The van der Waals surface area contributed by atoms with Crippen LogP contribution < -0.4 is 5.32 Å². The second kappa shape index (κ2) is 9.98. The van der Waals surface area contributed by atoms with Gasteiger partial charge in [0.25, 0.3) is 11.9 Å². The molecule has 174 valence electrons. The van der Waals surface area contributed by atoms with Crippen molar-refractivity contribution in [2.24, 2.45) is 0 Å². The van der Waals surface area contributed by atoms with Crippen molar-refractivity contribution in [3.8, 4) is 17.4 Å². The average Bonchev–Trinajstić information content (AvgIpc) is 3.62. The molecule has 4 aromatic rings. The standard InChI is InChI=1S/C25H26N6O3/c1-33-17-22-20(14-27-31(22)25-26-11-9-21(29-25)23-8-5-13-34-23)24(32)28-19-10-12-30(16-19)15-18-6-3-2-4-7-18/h2-9,11,13-14,19H,10,12,15-17H2,1H3,(H,28,32)/t19-/m1/s1. The number of carbonyl (C=O) groups excluding carboxylic acids is 1. The Morgan fingerprint density at radius 3 is 2.88 bits per heavy atom. The third-order valence-corrected chi connectivity index (χ3v) is 5.86. The van der Waals surface area contributed by atoms with Crippen molar-refractivity contribution in [2.45, 2.75) is 25.6 Å². The molecule has 9 heteroatoms. The minimum absolute atomic E-state index is 0.0773. The molecule has 1 aromatic carbocycles. The third kappa shape index (κ3) is 4.75. The molecule has 1 saturated heterocycles. The van der Waals surface area contributed by atoms with Gasteiger partial charge in [0.05, 0.1) is 30.3 Å². The van der Waals surface area contributed by atoms with Crippen LogP contribution in [0.1, 0.15) is 28.0 Å². The maximum atomic E-state index is 13.2. The number of benzene rings is 1. The zero-order chi connectivity index (χ0) is 23.3. The summed E-state index contributed by atoms with van der Waals surface area (Å²) in [5.74, 6) is 0.797. The van der Waals surface area contributed by atoms with Crippen LogP contribution in [0.2, 0.25) is 0 Å². The first-order valence-corrected chi connectivity index (χ1v) is 11.2. The molecule has 1 atom stereocenters. The zero-order valence-corrected chi connectivity index (χ0v) is 18.9. The van der Waals surface area contributed by atoms with Gasteiger partial charge in [-0.15, -0.1) is 0 Å². The van der Waals surface area contributed by atoms with Crippen LogP contribution in [-0.2, 0) is 17.9 Å². The van der Waals surface area contributed by atoms with E-state index in [-0.39, 0.29) is 18.6 Å². The number of furan rings is 1.